The van der Waals surface area contributed by atoms with Crippen molar-refractivity contribution in [3.8, 4) is 0 Å². The van der Waals surface area contributed by atoms with Gasteiger partial charge in [-0.05, 0) is 24.7 Å². The van der Waals surface area contributed by atoms with Gasteiger partial charge in [-0.3, -0.25) is 4.99 Å². The first kappa shape index (κ1) is 23.2. The number of rotatable bonds is 8. The number of aryl methyl sites for hydroxylation is 2. The molecule has 1 aromatic heterocycles. The number of aliphatic imine (C=N–C) groups is 1. The van der Waals surface area contributed by atoms with Gasteiger partial charge in [-0.2, -0.15) is 0 Å². The number of guanidine groups is 1. The second-order valence-corrected chi connectivity index (χ2v) is 7.11. The van der Waals surface area contributed by atoms with Crippen molar-refractivity contribution >= 4 is 29.9 Å². The van der Waals surface area contributed by atoms with Crippen molar-refractivity contribution in [2.24, 2.45) is 10.4 Å². The topological polar surface area (TPSA) is 62.5 Å². The van der Waals surface area contributed by atoms with Crippen LogP contribution in [0.4, 0.5) is 0 Å². The minimum Gasteiger partial charge on any atom is -0.361 e. The van der Waals surface area contributed by atoms with Crippen molar-refractivity contribution in [1.82, 2.24) is 15.8 Å². The Morgan fingerprint density at radius 1 is 1.12 bits per heavy atom. The second kappa shape index (κ2) is 11.7. The summed E-state index contributed by atoms with van der Waals surface area (Å²) in [5.41, 5.74) is 2.63. The Labute approximate surface area is 164 Å². The smallest absolute Gasteiger partial charge is 0.191 e. The normalized spacial score (nSPS) is 12.0. The number of halogens is 1. The average Bonchev–Trinajstić information content (AvgIpc) is 2.90. The molecule has 1 heterocycles. The molecule has 0 radical (unpaired) electrons. The molecule has 0 spiro atoms. The minimum atomic E-state index is 0. The monoisotopic (exact) mass is 450 g/mol. The zero-order valence-electron chi connectivity index (χ0n) is 16.2. The Balaban J connectivity index is 0.00000529. The fourth-order valence-electron chi connectivity index (χ4n) is 2.52. The molecule has 0 saturated heterocycles. The first-order valence-corrected chi connectivity index (χ1v) is 8.82. The lowest BCUT2D eigenvalue weighted by Crippen LogP contribution is -2.37. The first-order valence-electron chi connectivity index (χ1n) is 8.82. The standard InChI is InChI=1S/C18H34N4O.HI/c1-7-15-14(16(8-2)23-22-15)13-21-17(19-6)20-12-10-9-11-18(3,4)5;/h7-13H2,1-6H3,(H2,19,20,21);1H. The van der Waals surface area contributed by atoms with E-state index in [4.69, 9.17) is 4.52 Å². The maximum absolute atomic E-state index is 5.40. The van der Waals surface area contributed by atoms with Gasteiger partial charge in [-0.1, -0.05) is 46.2 Å². The van der Waals surface area contributed by atoms with Crippen LogP contribution >= 0.6 is 24.0 Å². The third-order valence-corrected chi connectivity index (χ3v) is 3.91. The highest BCUT2D eigenvalue weighted by molar-refractivity contribution is 14.0. The fraction of sp³-hybridized carbons (Fsp3) is 0.778. The lowest BCUT2D eigenvalue weighted by atomic mass is 9.90. The van der Waals surface area contributed by atoms with Gasteiger partial charge in [0.25, 0.3) is 0 Å². The lowest BCUT2D eigenvalue weighted by Gasteiger charge is -2.18. The maximum atomic E-state index is 5.40. The lowest BCUT2D eigenvalue weighted by molar-refractivity contribution is 0.360. The Kier molecular flexibility index (Phi) is 11.3. The summed E-state index contributed by atoms with van der Waals surface area (Å²) in [6, 6.07) is 0. The molecule has 0 aliphatic rings. The molecule has 0 atom stereocenters. The van der Waals surface area contributed by atoms with E-state index in [0.717, 1.165) is 43.2 Å². The molecular formula is C18H35IN4O. The van der Waals surface area contributed by atoms with Gasteiger partial charge < -0.3 is 15.2 Å². The fourth-order valence-corrected chi connectivity index (χ4v) is 2.52. The molecule has 1 rings (SSSR count). The van der Waals surface area contributed by atoms with Crippen LogP contribution < -0.4 is 10.6 Å². The van der Waals surface area contributed by atoms with Crippen LogP contribution in [0, 0.1) is 5.41 Å². The number of hydrogen-bond acceptors (Lipinski definition) is 3. The van der Waals surface area contributed by atoms with E-state index >= 15 is 0 Å². The molecule has 0 aliphatic heterocycles. The molecule has 5 nitrogen and oxygen atoms in total. The van der Waals surface area contributed by atoms with Crippen LogP contribution in [0.15, 0.2) is 9.52 Å². The minimum absolute atomic E-state index is 0. The summed E-state index contributed by atoms with van der Waals surface area (Å²) in [4.78, 5) is 4.29. The van der Waals surface area contributed by atoms with E-state index < -0.39 is 0 Å². The van der Waals surface area contributed by atoms with Crippen molar-refractivity contribution in [3.63, 3.8) is 0 Å². The van der Waals surface area contributed by atoms with Crippen molar-refractivity contribution < 1.29 is 4.52 Å². The Morgan fingerprint density at radius 2 is 1.83 bits per heavy atom. The van der Waals surface area contributed by atoms with Crippen molar-refractivity contribution in [1.29, 1.82) is 0 Å². The molecule has 0 fully saturated rings. The molecule has 6 heteroatoms. The van der Waals surface area contributed by atoms with Gasteiger partial charge >= 0.3 is 0 Å². The molecule has 0 saturated carbocycles. The highest BCUT2D eigenvalue weighted by atomic mass is 127. The van der Waals surface area contributed by atoms with Gasteiger partial charge in [0.1, 0.15) is 5.76 Å². The van der Waals surface area contributed by atoms with E-state index in [9.17, 15) is 0 Å². The summed E-state index contributed by atoms with van der Waals surface area (Å²) >= 11 is 0. The van der Waals surface area contributed by atoms with Crippen LogP contribution in [0.5, 0.6) is 0 Å². The molecule has 1 aromatic rings. The maximum Gasteiger partial charge on any atom is 0.191 e. The third-order valence-electron chi connectivity index (χ3n) is 3.91. The predicted octanol–water partition coefficient (Wildman–Crippen LogP) is 4.30. The van der Waals surface area contributed by atoms with Gasteiger partial charge in [-0.25, -0.2) is 0 Å². The highest BCUT2D eigenvalue weighted by Gasteiger charge is 2.13. The van der Waals surface area contributed by atoms with Crippen LogP contribution in [0.25, 0.3) is 0 Å². The number of unbranched alkanes of at least 4 members (excludes halogenated alkanes) is 1. The summed E-state index contributed by atoms with van der Waals surface area (Å²) in [5, 5.41) is 10.9. The van der Waals surface area contributed by atoms with Crippen molar-refractivity contribution in [3.05, 3.63) is 17.0 Å². The molecule has 0 aliphatic carbocycles. The summed E-state index contributed by atoms with van der Waals surface area (Å²) < 4.78 is 5.40. The molecular weight excluding hydrogens is 415 g/mol. The van der Waals surface area contributed by atoms with Gasteiger partial charge in [0.05, 0.1) is 5.69 Å². The van der Waals surface area contributed by atoms with Crippen molar-refractivity contribution in [2.75, 3.05) is 13.6 Å². The number of hydrogen-bond donors (Lipinski definition) is 2. The van der Waals surface area contributed by atoms with Gasteiger partial charge in [0.2, 0.25) is 0 Å². The third kappa shape index (κ3) is 8.35. The van der Waals surface area contributed by atoms with E-state index in [1.807, 2.05) is 0 Å². The number of aromatic nitrogens is 1. The SMILES string of the molecule is CCc1noc(CC)c1CNC(=NC)NCCCCC(C)(C)C.I. The Bertz CT molecular complexity index is 470. The summed E-state index contributed by atoms with van der Waals surface area (Å²) in [5.74, 6) is 1.81. The summed E-state index contributed by atoms with van der Waals surface area (Å²) in [6.45, 7) is 12.7. The molecule has 2 N–H and O–H groups in total. The zero-order valence-corrected chi connectivity index (χ0v) is 18.5. The highest BCUT2D eigenvalue weighted by Crippen LogP contribution is 2.21. The number of nitrogens with zero attached hydrogens (tertiary/aromatic N) is 2. The first-order chi connectivity index (χ1) is 10.9. The van der Waals surface area contributed by atoms with E-state index in [1.165, 1.54) is 18.4 Å². The molecule has 140 valence electrons. The second-order valence-electron chi connectivity index (χ2n) is 7.11. The summed E-state index contributed by atoms with van der Waals surface area (Å²) in [6.07, 6.45) is 5.40. The molecule has 24 heavy (non-hydrogen) atoms. The molecule has 0 amide bonds. The van der Waals surface area contributed by atoms with Gasteiger partial charge in [0, 0.05) is 32.1 Å². The van der Waals surface area contributed by atoms with E-state index in [0.29, 0.717) is 12.0 Å². The molecule has 0 aromatic carbocycles. The number of nitrogens with one attached hydrogen (secondary N) is 2. The van der Waals surface area contributed by atoms with Crippen LogP contribution in [-0.4, -0.2) is 24.7 Å². The quantitative estimate of drug-likeness (QED) is 0.268. The van der Waals surface area contributed by atoms with Gasteiger partial charge in [-0.15, -0.1) is 24.0 Å². The molecule has 0 bridgehead atoms. The largest absolute Gasteiger partial charge is 0.361 e. The van der Waals surface area contributed by atoms with Crippen LogP contribution in [0.1, 0.15) is 70.9 Å². The predicted molar refractivity (Wildman–Crippen MR) is 112 cm³/mol. The summed E-state index contributed by atoms with van der Waals surface area (Å²) in [7, 11) is 1.81. The Hall–Kier alpha value is -0.790. The average molecular weight is 450 g/mol. The molecule has 0 unspecified atom stereocenters. The van der Waals surface area contributed by atoms with Crippen LogP contribution in [-0.2, 0) is 19.4 Å². The van der Waals surface area contributed by atoms with E-state index in [2.05, 4.69) is 55.4 Å². The van der Waals surface area contributed by atoms with E-state index in [-0.39, 0.29) is 24.0 Å². The zero-order chi connectivity index (χ0) is 17.3. The Morgan fingerprint density at radius 3 is 2.38 bits per heavy atom. The van der Waals surface area contributed by atoms with E-state index in [1.54, 1.807) is 7.05 Å². The van der Waals surface area contributed by atoms with Crippen molar-refractivity contribution in [2.45, 2.75) is 73.3 Å². The van der Waals surface area contributed by atoms with Crippen LogP contribution in [0.3, 0.4) is 0 Å². The van der Waals surface area contributed by atoms with Crippen LogP contribution in [0.2, 0.25) is 0 Å². The van der Waals surface area contributed by atoms with Gasteiger partial charge in [0.15, 0.2) is 5.96 Å².